The Bertz CT molecular complexity index is 431. The van der Waals surface area contributed by atoms with Crippen molar-refractivity contribution in [3.63, 3.8) is 0 Å². The fourth-order valence-corrected chi connectivity index (χ4v) is 1.11. The van der Waals surface area contributed by atoms with Gasteiger partial charge in [0.15, 0.2) is 0 Å². The average molecular weight is 259 g/mol. The Kier molecular flexibility index (Phi) is 5.04. The summed E-state index contributed by atoms with van der Waals surface area (Å²) < 4.78 is 28.0. The van der Waals surface area contributed by atoms with Crippen LogP contribution in [-0.4, -0.2) is 30.0 Å². The van der Waals surface area contributed by atoms with Gasteiger partial charge in [-0.05, 0) is 36.8 Å². The molecule has 7 heteroatoms. The van der Waals surface area contributed by atoms with E-state index in [0.29, 0.717) is 11.3 Å². The van der Waals surface area contributed by atoms with Crippen LogP contribution in [0, 0.1) is 0 Å². The second kappa shape index (κ2) is 6.53. The molecular weight excluding hydrogens is 248 g/mol. The molecular formula is C11H11F2NO4. The van der Waals surface area contributed by atoms with Crippen LogP contribution < -0.4 is 4.74 Å². The summed E-state index contributed by atoms with van der Waals surface area (Å²) in [5.41, 5.74) is 1.04. The normalized spacial score (nSPS) is 11.4. The third kappa shape index (κ3) is 4.77. The van der Waals surface area contributed by atoms with Crippen molar-refractivity contribution >= 4 is 11.7 Å². The van der Waals surface area contributed by atoms with Gasteiger partial charge in [-0.2, -0.15) is 8.78 Å². The highest BCUT2D eigenvalue weighted by atomic mass is 19.3. The molecule has 0 unspecified atom stereocenters. The molecule has 0 fully saturated rings. The molecule has 0 spiro atoms. The van der Waals surface area contributed by atoms with Gasteiger partial charge in [0, 0.05) is 0 Å². The van der Waals surface area contributed by atoms with Gasteiger partial charge < -0.3 is 14.7 Å². The van der Waals surface area contributed by atoms with E-state index in [9.17, 15) is 13.6 Å². The maximum Gasteiger partial charge on any atom is 0.387 e. The first-order valence-corrected chi connectivity index (χ1v) is 4.92. The number of carboxylic acid groups (broad SMARTS) is 1. The molecule has 0 aliphatic rings. The van der Waals surface area contributed by atoms with Crippen LogP contribution in [0.1, 0.15) is 12.5 Å². The lowest BCUT2D eigenvalue weighted by Crippen LogP contribution is -2.05. The zero-order chi connectivity index (χ0) is 13.5. The van der Waals surface area contributed by atoms with E-state index < -0.39 is 19.2 Å². The summed E-state index contributed by atoms with van der Waals surface area (Å²) in [5, 5.41) is 11.9. The molecule has 5 nitrogen and oxygen atoms in total. The number of benzene rings is 1. The summed E-state index contributed by atoms with van der Waals surface area (Å²) in [5.74, 6) is -1.10. The maximum absolute atomic E-state index is 11.9. The SMILES string of the molecule is CC(=NOCC(=O)O)c1ccc(OC(F)F)cc1. The van der Waals surface area contributed by atoms with Gasteiger partial charge in [-0.3, -0.25) is 0 Å². The lowest BCUT2D eigenvalue weighted by atomic mass is 10.1. The van der Waals surface area contributed by atoms with Crippen LogP contribution in [0.15, 0.2) is 29.4 Å². The van der Waals surface area contributed by atoms with Crippen LogP contribution in [0.2, 0.25) is 0 Å². The summed E-state index contributed by atoms with van der Waals surface area (Å²) in [6, 6.07) is 5.75. The van der Waals surface area contributed by atoms with Gasteiger partial charge in [-0.1, -0.05) is 5.16 Å². The summed E-state index contributed by atoms with van der Waals surface area (Å²) in [7, 11) is 0. The summed E-state index contributed by atoms with van der Waals surface area (Å²) in [6.45, 7) is -1.81. The number of alkyl halides is 2. The van der Waals surface area contributed by atoms with Gasteiger partial charge in [-0.25, -0.2) is 4.79 Å². The van der Waals surface area contributed by atoms with E-state index in [4.69, 9.17) is 5.11 Å². The molecule has 98 valence electrons. The Labute approximate surface area is 102 Å². The Morgan fingerprint density at radius 3 is 2.50 bits per heavy atom. The van der Waals surface area contributed by atoms with E-state index in [1.54, 1.807) is 6.92 Å². The molecule has 18 heavy (non-hydrogen) atoms. The fraction of sp³-hybridized carbons (Fsp3) is 0.273. The van der Waals surface area contributed by atoms with E-state index in [-0.39, 0.29) is 5.75 Å². The van der Waals surface area contributed by atoms with Crippen molar-refractivity contribution in [1.29, 1.82) is 0 Å². The van der Waals surface area contributed by atoms with Crippen LogP contribution >= 0.6 is 0 Å². The minimum Gasteiger partial charge on any atom is -0.479 e. The molecule has 1 N–H and O–H groups in total. The largest absolute Gasteiger partial charge is 0.479 e. The molecule has 0 bridgehead atoms. The molecule has 0 saturated carbocycles. The molecule has 0 aliphatic carbocycles. The molecule has 0 atom stereocenters. The number of aliphatic carboxylic acids is 1. The Hall–Kier alpha value is -2.18. The number of nitrogens with zero attached hydrogens (tertiary/aromatic N) is 1. The van der Waals surface area contributed by atoms with Crippen molar-refractivity contribution in [3.05, 3.63) is 29.8 Å². The second-order valence-electron chi connectivity index (χ2n) is 3.25. The van der Waals surface area contributed by atoms with Gasteiger partial charge in [-0.15, -0.1) is 0 Å². The zero-order valence-electron chi connectivity index (χ0n) is 9.47. The van der Waals surface area contributed by atoms with Crippen LogP contribution in [0.25, 0.3) is 0 Å². The lowest BCUT2D eigenvalue weighted by molar-refractivity contribution is -0.142. The molecule has 0 amide bonds. The number of hydrogen-bond donors (Lipinski definition) is 1. The number of carboxylic acids is 1. The number of hydrogen-bond acceptors (Lipinski definition) is 4. The smallest absolute Gasteiger partial charge is 0.387 e. The molecule has 1 aromatic rings. The Morgan fingerprint density at radius 2 is 2.00 bits per heavy atom. The lowest BCUT2D eigenvalue weighted by Gasteiger charge is -2.05. The first kappa shape index (κ1) is 13.9. The van der Waals surface area contributed by atoms with Crippen LogP contribution in [0.3, 0.4) is 0 Å². The number of carbonyl (C=O) groups is 1. The summed E-state index contributed by atoms with van der Waals surface area (Å²) >= 11 is 0. The van der Waals surface area contributed by atoms with Crippen LogP contribution in [0.5, 0.6) is 5.75 Å². The maximum atomic E-state index is 11.9. The highest BCUT2D eigenvalue weighted by molar-refractivity contribution is 5.98. The quantitative estimate of drug-likeness (QED) is 0.627. The third-order valence-corrected chi connectivity index (χ3v) is 1.89. The van der Waals surface area contributed by atoms with Gasteiger partial charge >= 0.3 is 12.6 Å². The first-order chi connectivity index (χ1) is 8.49. The number of halogens is 2. The van der Waals surface area contributed by atoms with E-state index in [1.807, 2.05) is 0 Å². The van der Waals surface area contributed by atoms with Crippen molar-refractivity contribution in [1.82, 2.24) is 0 Å². The molecule has 0 aliphatic heterocycles. The topological polar surface area (TPSA) is 68.1 Å². The Morgan fingerprint density at radius 1 is 1.39 bits per heavy atom. The molecule has 1 rings (SSSR count). The molecule has 0 aromatic heterocycles. The standard InChI is InChI=1S/C11H11F2NO4/c1-7(14-17-6-10(15)16)8-2-4-9(5-3-8)18-11(12)13/h2-5,11H,6H2,1H3,(H,15,16). The van der Waals surface area contributed by atoms with Crippen molar-refractivity contribution in [2.24, 2.45) is 5.16 Å². The van der Waals surface area contributed by atoms with Crippen LogP contribution in [-0.2, 0) is 9.63 Å². The highest BCUT2D eigenvalue weighted by Gasteiger charge is 2.05. The average Bonchev–Trinajstić information content (AvgIpc) is 2.28. The van der Waals surface area contributed by atoms with Crippen molar-refractivity contribution in [2.75, 3.05) is 6.61 Å². The Balaban J connectivity index is 2.63. The highest BCUT2D eigenvalue weighted by Crippen LogP contribution is 2.15. The predicted molar refractivity (Wildman–Crippen MR) is 58.9 cm³/mol. The van der Waals surface area contributed by atoms with E-state index in [1.165, 1.54) is 24.3 Å². The van der Waals surface area contributed by atoms with Gasteiger partial charge in [0.2, 0.25) is 6.61 Å². The van der Waals surface area contributed by atoms with Crippen molar-refractivity contribution in [2.45, 2.75) is 13.5 Å². The van der Waals surface area contributed by atoms with Crippen LogP contribution in [0.4, 0.5) is 8.78 Å². The monoisotopic (exact) mass is 259 g/mol. The molecule has 0 heterocycles. The number of oxime groups is 1. The minimum atomic E-state index is -2.87. The second-order valence-corrected chi connectivity index (χ2v) is 3.25. The number of ether oxygens (including phenoxy) is 1. The number of rotatable bonds is 6. The fourth-order valence-electron chi connectivity index (χ4n) is 1.11. The molecule has 0 radical (unpaired) electrons. The molecule has 0 saturated heterocycles. The summed E-state index contributed by atoms with van der Waals surface area (Å²) in [6.07, 6.45) is 0. The van der Waals surface area contributed by atoms with E-state index >= 15 is 0 Å². The molecule has 1 aromatic carbocycles. The third-order valence-electron chi connectivity index (χ3n) is 1.89. The van der Waals surface area contributed by atoms with E-state index in [0.717, 1.165) is 0 Å². The predicted octanol–water partition coefficient (Wildman–Crippen LogP) is 2.11. The summed E-state index contributed by atoms with van der Waals surface area (Å²) in [4.78, 5) is 14.7. The van der Waals surface area contributed by atoms with Gasteiger partial charge in [0.05, 0.1) is 5.71 Å². The van der Waals surface area contributed by atoms with Crippen molar-refractivity contribution in [3.8, 4) is 5.75 Å². The van der Waals surface area contributed by atoms with Gasteiger partial charge in [0.1, 0.15) is 5.75 Å². The van der Waals surface area contributed by atoms with Gasteiger partial charge in [0.25, 0.3) is 0 Å². The van der Waals surface area contributed by atoms with Crippen molar-refractivity contribution < 1.29 is 28.3 Å². The minimum absolute atomic E-state index is 0.0352. The first-order valence-electron chi connectivity index (χ1n) is 4.92. The zero-order valence-corrected chi connectivity index (χ0v) is 9.47. The van der Waals surface area contributed by atoms with E-state index in [2.05, 4.69) is 14.7 Å².